The van der Waals surface area contributed by atoms with Gasteiger partial charge in [-0.1, -0.05) is 48.5 Å². The Balaban J connectivity index is 1.03. The standard InChI is InChI=1S/C38H61N3O6/c1-21(2)29(47-33(44)41-15-8-16-41)24-17-22(3)28-30(45-24)31(42)36(7)26-10-9-25-34(4,5)27(46-32(43)40-23-18-39-19-23)11-12-37(25)20-38(26,37)14-13-35(28,36)6/h21-31,39,42H,8-20H2,1-7H3,(H,40,43)/t22-,24?,25+,26?,27+,28+,29-,30?,31+,35-,36-,37?,38+/m1/s1. The van der Waals surface area contributed by atoms with Crippen molar-refractivity contribution < 1.29 is 28.9 Å². The van der Waals surface area contributed by atoms with E-state index in [1.54, 1.807) is 4.90 Å². The number of carbonyl (C=O) groups is 2. The highest BCUT2D eigenvalue weighted by atomic mass is 16.6. The van der Waals surface area contributed by atoms with Crippen molar-refractivity contribution in [3.63, 3.8) is 0 Å². The van der Waals surface area contributed by atoms with Crippen LogP contribution in [0.3, 0.4) is 0 Å². The van der Waals surface area contributed by atoms with E-state index in [0.29, 0.717) is 17.8 Å². The van der Waals surface area contributed by atoms with Gasteiger partial charge in [0.15, 0.2) is 0 Å². The molecule has 0 aromatic heterocycles. The quantitative estimate of drug-likeness (QED) is 0.347. The maximum atomic E-state index is 12.9. The smallest absolute Gasteiger partial charge is 0.410 e. The summed E-state index contributed by atoms with van der Waals surface area (Å²) in [4.78, 5) is 27.5. The van der Waals surface area contributed by atoms with Gasteiger partial charge in [0.1, 0.15) is 12.2 Å². The van der Waals surface area contributed by atoms with E-state index >= 15 is 0 Å². The number of amides is 2. The highest BCUT2D eigenvalue weighted by Crippen LogP contribution is 2.89. The van der Waals surface area contributed by atoms with Crippen molar-refractivity contribution in [1.82, 2.24) is 15.5 Å². The molecule has 3 heterocycles. The van der Waals surface area contributed by atoms with Crippen molar-refractivity contribution >= 4 is 12.2 Å². The summed E-state index contributed by atoms with van der Waals surface area (Å²) in [7, 11) is 0. The molecule has 0 bridgehead atoms. The highest BCUT2D eigenvalue weighted by molar-refractivity contribution is 5.69. The van der Waals surface area contributed by atoms with Gasteiger partial charge in [-0.2, -0.15) is 0 Å². The minimum atomic E-state index is -0.546. The largest absolute Gasteiger partial charge is 0.446 e. The molecular formula is C38H61N3O6. The fraction of sp³-hybridized carbons (Fsp3) is 0.947. The Morgan fingerprint density at radius 1 is 1.00 bits per heavy atom. The van der Waals surface area contributed by atoms with Gasteiger partial charge in [-0.25, -0.2) is 9.59 Å². The molecule has 8 rings (SSSR count). The van der Waals surface area contributed by atoms with Crippen molar-refractivity contribution in [2.45, 2.75) is 143 Å². The van der Waals surface area contributed by atoms with Crippen molar-refractivity contribution in [3.05, 3.63) is 0 Å². The maximum Gasteiger partial charge on any atom is 0.410 e. The molecule has 5 aliphatic carbocycles. The Kier molecular flexibility index (Phi) is 7.43. The molecule has 2 amide bonds. The number of hydrogen-bond donors (Lipinski definition) is 3. The fourth-order valence-corrected chi connectivity index (χ4v) is 13.8. The molecule has 9 nitrogen and oxygen atoms in total. The van der Waals surface area contributed by atoms with Gasteiger partial charge in [-0.15, -0.1) is 0 Å². The predicted molar refractivity (Wildman–Crippen MR) is 177 cm³/mol. The van der Waals surface area contributed by atoms with Gasteiger partial charge in [0.25, 0.3) is 0 Å². The molecule has 4 unspecified atom stereocenters. The Morgan fingerprint density at radius 2 is 1.70 bits per heavy atom. The summed E-state index contributed by atoms with van der Waals surface area (Å²) < 4.78 is 19.3. The summed E-state index contributed by atoms with van der Waals surface area (Å²) in [5.41, 5.74) is 0.175. The van der Waals surface area contributed by atoms with E-state index < -0.39 is 6.10 Å². The van der Waals surface area contributed by atoms with Gasteiger partial charge in [0.05, 0.1) is 24.4 Å². The van der Waals surface area contributed by atoms with Crippen LogP contribution < -0.4 is 10.6 Å². The third kappa shape index (κ3) is 4.30. The number of hydrogen-bond acceptors (Lipinski definition) is 7. The second-order valence-corrected chi connectivity index (χ2v) is 18.9. The Bertz CT molecular complexity index is 1280. The van der Waals surface area contributed by atoms with Gasteiger partial charge < -0.3 is 34.9 Å². The second-order valence-electron chi connectivity index (χ2n) is 18.9. The van der Waals surface area contributed by atoms with Crippen LogP contribution in [-0.2, 0) is 14.2 Å². The summed E-state index contributed by atoms with van der Waals surface area (Å²) >= 11 is 0. The molecule has 3 saturated heterocycles. The van der Waals surface area contributed by atoms with Crippen LogP contribution in [0.2, 0.25) is 0 Å². The predicted octanol–water partition coefficient (Wildman–Crippen LogP) is 5.73. The number of fused-ring (bicyclic) bond motifs is 4. The zero-order valence-corrected chi connectivity index (χ0v) is 30.0. The topological polar surface area (TPSA) is 109 Å². The zero-order valence-electron chi connectivity index (χ0n) is 30.0. The molecule has 3 aliphatic heterocycles. The van der Waals surface area contributed by atoms with E-state index in [4.69, 9.17) is 14.2 Å². The molecule has 2 spiro atoms. The Morgan fingerprint density at radius 3 is 2.34 bits per heavy atom. The van der Waals surface area contributed by atoms with Crippen LogP contribution in [-0.4, -0.2) is 84.9 Å². The molecule has 0 radical (unpaired) electrons. The number of rotatable bonds is 5. The van der Waals surface area contributed by atoms with Gasteiger partial charge in [0, 0.05) is 37.0 Å². The minimum Gasteiger partial charge on any atom is -0.446 e. The van der Waals surface area contributed by atoms with E-state index in [-0.39, 0.29) is 81.6 Å². The van der Waals surface area contributed by atoms with E-state index in [2.05, 4.69) is 59.1 Å². The molecule has 5 saturated carbocycles. The summed E-state index contributed by atoms with van der Waals surface area (Å²) in [6, 6.07) is 0.181. The number of ether oxygens (including phenoxy) is 3. The van der Waals surface area contributed by atoms with E-state index in [1.165, 1.54) is 12.8 Å². The molecular weight excluding hydrogens is 594 g/mol. The first-order valence-corrected chi connectivity index (χ1v) is 19.2. The number of nitrogens with zero attached hydrogens (tertiary/aromatic N) is 1. The van der Waals surface area contributed by atoms with Gasteiger partial charge in [-0.05, 0) is 104 Å². The third-order valence-electron chi connectivity index (χ3n) is 16.5. The number of carbonyl (C=O) groups excluding carboxylic acids is 2. The van der Waals surface area contributed by atoms with Crippen molar-refractivity contribution in [2.75, 3.05) is 26.2 Å². The minimum absolute atomic E-state index is 0.0139. The molecule has 9 heteroatoms. The maximum absolute atomic E-state index is 12.9. The van der Waals surface area contributed by atoms with Crippen molar-refractivity contribution in [2.24, 2.45) is 56.7 Å². The van der Waals surface area contributed by atoms with Crippen molar-refractivity contribution in [3.8, 4) is 0 Å². The van der Waals surface area contributed by atoms with Gasteiger partial charge in [-0.3, -0.25) is 0 Å². The molecule has 8 aliphatic rings. The lowest BCUT2D eigenvalue weighted by Crippen LogP contribution is -2.60. The Labute approximate surface area is 282 Å². The lowest BCUT2D eigenvalue weighted by Gasteiger charge is -2.63. The molecule has 264 valence electrons. The first kappa shape index (κ1) is 32.6. The first-order valence-electron chi connectivity index (χ1n) is 19.2. The summed E-state index contributed by atoms with van der Waals surface area (Å²) in [6.07, 6.45) is 7.93. The molecule has 47 heavy (non-hydrogen) atoms. The molecule has 13 atom stereocenters. The van der Waals surface area contributed by atoms with E-state index in [9.17, 15) is 14.7 Å². The van der Waals surface area contributed by atoms with Crippen LogP contribution in [0, 0.1) is 56.7 Å². The zero-order chi connectivity index (χ0) is 33.3. The van der Waals surface area contributed by atoms with Crippen molar-refractivity contribution in [1.29, 1.82) is 0 Å². The molecule has 3 N–H and O–H groups in total. The average molecular weight is 656 g/mol. The third-order valence-corrected chi connectivity index (χ3v) is 16.5. The number of likely N-dealkylation sites (tertiary alicyclic amines) is 1. The normalized spacial score (nSPS) is 49.9. The monoisotopic (exact) mass is 655 g/mol. The fourth-order valence-electron chi connectivity index (χ4n) is 13.8. The van der Waals surface area contributed by atoms with Crippen LogP contribution in [0.15, 0.2) is 0 Å². The lowest BCUT2D eigenvalue weighted by molar-refractivity contribution is -0.185. The summed E-state index contributed by atoms with van der Waals surface area (Å²) in [5.74, 6) is 1.76. The average Bonchev–Trinajstić information content (AvgIpc) is 3.59. The molecule has 0 aromatic carbocycles. The van der Waals surface area contributed by atoms with E-state index in [0.717, 1.165) is 71.1 Å². The molecule has 8 fully saturated rings. The van der Waals surface area contributed by atoms with E-state index in [1.807, 2.05) is 0 Å². The van der Waals surface area contributed by atoms with Crippen LogP contribution in [0.4, 0.5) is 9.59 Å². The van der Waals surface area contributed by atoms with Gasteiger partial charge in [0.2, 0.25) is 0 Å². The van der Waals surface area contributed by atoms with Crippen LogP contribution in [0.25, 0.3) is 0 Å². The summed E-state index contributed by atoms with van der Waals surface area (Å²) in [5, 5.41) is 18.9. The van der Waals surface area contributed by atoms with Crippen LogP contribution in [0.5, 0.6) is 0 Å². The molecule has 0 aromatic rings. The SMILES string of the molecule is CC(C)[C@@H](OC(=O)N1CCC1)C1C[C@@H](C)[C@H]2C(O1)[C@H](O)[C@@]1(C)C3CC[C@H]4C(C)(C)[C@@H](OC(=O)NC5CNC5)CCC45C[C@@]35CC[C@]21C. The number of aliphatic hydroxyl groups is 1. The summed E-state index contributed by atoms with van der Waals surface area (Å²) in [6.45, 7) is 19.4. The first-order chi connectivity index (χ1) is 22.2. The highest BCUT2D eigenvalue weighted by Gasteiger charge is 2.84. The number of nitrogens with one attached hydrogen (secondary N) is 2. The number of alkyl carbamates (subject to hydrolysis) is 1. The van der Waals surface area contributed by atoms with Gasteiger partial charge >= 0.3 is 12.2 Å². The Hall–Kier alpha value is -1.58. The van der Waals surface area contributed by atoms with Crippen LogP contribution in [0.1, 0.15) is 106 Å². The second kappa shape index (κ2) is 10.7. The number of aliphatic hydroxyl groups excluding tert-OH is 1. The van der Waals surface area contributed by atoms with Crippen LogP contribution >= 0.6 is 0 Å². The lowest BCUT2D eigenvalue weighted by atomic mass is 9.41.